The fourth-order valence-electron chi connectivity index (χ4n) is 1.06. The molecule has 0 aromatic heterocycles. The molecule has 12 heavy (non-hydrogen) atoms. The summed E-state index contributed by atoms with van der Waals surface area (Å²) in [7, 11) is 0. The normalized spacial score (nSPS) is 18.2. The largest absolute Gasteiger partial charge is 0.391 e. The number of aliphatic hydroxyl groups is 1. The average Bonchev–Trinajstić information content (AvgIpc) is 2.03. The molecule has 0 fully saturated rings. The van der Waals surface area contributed by atoms with Crippen LogP contribution in [0.4, 0.5) is 0 Å². The zero-order chi connectivity index (χ0) is 9.56. The van der Waals surface area contributed by atoms with Crippen LogP contribution in [0.2, 0.25) is 0 Å². The minimum atomic E-state index is -0.426. The van der Waals surface area contributed by atoms with Gasteiger partial charge in [-0.25, -0.2) is 0 Å². The lowest BCUT2D eigenvalue weighted by molar-refractivity contribution is 0.145. The molecule has 0 heterocycles. The summed E-state index contributed by atoms with van der Waals surface area (Å²) in [6.07, 6.45) is 5.59. The van der Waals surface area contributed by atoms with E-state index in [0.29, 0.717) is 6.54 Å². The summed E-state index contributed by atoms with van der Waals surface area (Å²) in [6.45, 7) is 6.27. The lowest BCUT2D eigenvalue weighted by atomic mass is 10.0. The van der Waals surface area contributed by atoms with Crippen LogP contribution in [-0.2, 0) is 0 Å². The van der Waals surface area contributed by atoms with Gasteiger partial charge in [0.05, 0.1) is 6.10 Å². The maximum absolute atomic E-state index is 9.35. The first-order valence-electron chi connectivity index (χ1n) is 4.31. The Kier molecular flexibility index (Phi) is 5.68. The molecule has 0 rings (SSSR count). The van der Waals surface area contributed by atoms with Crippen LogP contribution < -0.4 is 5.73 Å². The molecule has 2 atom stereocenters. The lowest BCUT2D eigenvalue weighted by Crippen LogP contribution is -2.25. The van der Waals surface area contributed by atoms with E-state index in [1.807, 2.05) is 39.0 Å². The summed E-state index contributed by atoms with van der Waals surface area (Å²) in [5, 5.41) is 9.35. The maximum atomic E-state index is 9.35. The molecule has 70 valence electrons. The third-order valence-corrected chi connectivity index (χ3v) is 1.80. The van der Waals surface area contributed by atoms with Crippen LogP contribution in [0.15, 0.2) is 23.8 Å². The van der Waals surface area contributed by atoms with Crippen molar-refractivity contribution in [2.24, 2.45) is 11.7 Å². The Morgan fingerprint density at radius 2 is 2.17 bits per heavy atom. The number of rotatable bonds is 4. The summed E-state index contributed by atoms with van der Waals surface area (Å²) in [6, 6.07) is 0. The van der Waals surface area contributed by atoms with E-state index < -0.39 is 6.10 Å². The molecule has 0 aliphatic carbocycles. The highest BCUT2D eigenvalue weighted by molar-refractivity contribution is 5.16. The smallest absolute Gasteiger partial charge is 0.0722 e. The second-order valence-electron chi connectivity index (χ2n) is 3.07. The highest BCUT2D eigenvalue weighted by atomic mass is 16.3. The molecule has 0 saturated heterocycles. The van der Waals surface area contributed by atoms with E-state index in [4.69, 9.17) is 5.73 Å². The van der Waals surface area contributed by atoms with Gasteiger partial charge in [0.1, 0.15) is 0 Å². The van der Waals surface area contributed by atoms with Gasteiger partial charge in [-0.05, 0) is 13.8 Å². The number of hydrogen-bond donors (Lipinski definition) is 2. The lowest BCUT2D eigenvalue weighted by Gasteiger charge is -2.13. The van der Waals surface area contributed by atoms with E-state index >= 15 is 0 Å². The summed E-state index contributed by atoms with van der Waals surface area (Å²) in [5.74, 6) is 0.131. The average molecular weight is 169 g/mol. The van der Waals surface area contributed by atoms with E-state index in [-0.39, 0.29) is 5.92 Å². The molecule has 0 aliphatic rings. The van der Waals surface area contributed by atoms with Gasteiger partial charge in [-0.1, -0.05) is 30.7 Å². The van der Waals surface area contributed by atoms with Gasteiger partial charge in [0.2, 0.25) is 0 Å². The molecular weight excluding hydrogens is 150 g/mol. The van der Waals surface area contributed by atoms with Crippen molar-refractivity contribution in [1.82, 2.24) is 0 Å². The molecule has 2 heteroatoms. The first-order chi connectivity index (χ1) is 5.61. The Morgan fingerprint density at radius 1 is 1.58 bits per heavy atom. The van der Waals surface area contributed by atoms with Crippen LogP contribution in [0.3, 0.4) is 0 Å². The topological polar surface area (TPSA) is 46.2 Å². The van der Waals surface area contributed by atoms with Crippen molar-refractivity contribution in [3.8, 4) is 0 Å². The second-order valence-corrected chi connectivity index (χ2v) is 3.07. The van der Waals surface area contributed by atoms with E-state index in [9.17, 15) is 5.11 Å². The van der Waals surface area contributed by atoms with E-state index in [2.05, 4.69) is 0 Å². The summed E-state index contributed by atoms with van der Waals surface area (Å²) in [5.41, 5.74) is 6.49. The van der Waals surface area contributed by atoms with Gasteiger partial charge in [0.15, 0.2) is 0 Å². The maximum Gasteiger partial charge on any atom is 0.0722 e. The first-order valence-corrected chi connectivity index (χ1v) is 4.31. The Bertz CT molecular complexity index is 173. The van der Waals surface area contributed by atoms with Crippen LogP contribution in [-0.4, -0.2) is 17.8 Å². The summed E-state index contributed by atoms with van der Waals surface area (Å²) in [4.78, 5) is 0. The van der Waals surface area contributed by atoms with Gasteiger partial charge in [-0.15, -0.1) is 0 Å². The van der Waals surface area contributed by atoms with Crippen molar-refractivity contribution >= 4 is 0 Å². The molecule has 0 bridgehead atoms. The highest BCUT2D eigenvalue weighted by Gasteiger charge is 2.08. The van der Waals surface area contributed by atoms with Crippen LogP contribution in [0.25, 0.3) is 0 Å². The van der Waals surface area contributed by atoms with Crippen molar-refractivity contribution in [3.05, 3.63) is 23.8 Å². The first kappa shape index (κ1) is 11.4. The standard InChI is InChI=1S/C10H19NO/c1-4-5-8(2)6-9(3)10(12)7-11/h4-6,9-10,12H,7,11H2,1-3H3/b5-4-,8-6-/t9-,10-/m1/s1. The molecule has 0 aliphatic heterocycles. The molecule has 0 amide bonds. The van der Waals surface area contributed by atoms with Crippen molar-refractivity contribution in [3.63, 3.8) is 0 Å². The molecule has 0 unspecified atom stereocenters. The summed E-state index contributed by atoms with van der Waals surface area (Å²) >= 11 is 0. The minimum absolute atomic E-state index is 0.131. The minimum Gasteiger partial charge on any atom is -0.391 e. The zero-order valence-corrected chi connectivity index (χ0v) is 8.12. The van der Waals surface area contributed by atoms with Crippen molar-refractivity contribution in [1.29, 1.82) is 0 Å². The van der Waals surface area contributed by atoms with Gasteiger partial charge >= 0.3 is 0 Å². The van der Waals surface area contributed by atoms with Crippen LogP contribution in [0.5, 0.6) is 0 Å². The third kappa shape index (κ3) is 4.31. The Labute approximate surface area is 74.8 Å². The Morgan fingerprint density at radius 3 is 2.58 bits per heavy atom. The molecule has 0 radical (unpaired) electrons. The SMILES string of the molecule is C/C=C\C(C)=C/[C@@H](C)[C@H](O)CN. The van der Waals surface area contributed by atoms with Gasteiger partial charge in [0, 0.05) is 12.5 Å². The van der Waals surface area contributed by atoms with Crippen molar-refractivity contribution < 1.29 is 5.11 Å². The van der Waals surface area contributed by atoms with Gasteiger partial charge in [0.25, 0.3) is 0 Å². The van der Waals surface area contributed by atoms with E-state index in [0.717, 1.165) is 5.57 Å². The Hall–Kier alpha value is -0.600. The fourth-order valence-corrected chi connectivity index (χ4v) is 1.06. The number of aliphatic hydroxyl groups excluding tert-OH is 1. The predicted molar refractivity (Wildman–Crippen MR) is 52.8 cm³/mol. The van der Waals surface area contributed by atoms with Crippen molar-refractivity contribution in [2.45, 2.75) is 26.9 Å². The van der Waals surface area contributed by atoms with Crippen LogP contribution in [0, 0.1) is 5.92 Å². The van der Waals surface area contributed by atoms with Gasteiger partial charge in [-0.2, -0.15) is 0 Å². The molecule has 3 N–H and O–H groups in total. The zero-order valence-electron chi connectivity index (χ0n) is 8.12. The highest BCUT2D eigenvalue weighted by Crippen LogP contribution is 2.07. The molecular formula is C10H19NO. The predicted octanol–water partition coefficient (Wildman–Crippen LogP) is 1.46. The quantitative estimate of drug-likeness (QED) is 0.626. The number of allylic oxidation sites excluding steroid dienone is 3. The molecule has 2 nitrogen and oxygen atoms in total. The van der Waals surface area contributed by atoms with E-state index in [1.54, 1.807) is 0 Å². The number of hydrogen-bond acceptors (Lipinski definition) is 2. The van der Waals surface area contributed by atoms with E-state index in [1.165, 1.54) is 0 Å². The fraction of sp³-hybridized carbons (Fsp3) is 0.600. The molecule has 0 saturated carbocycles. The summed E-state index contributed by atoms with van der Waals surface area (Å²) < 4.78 is 0. The monoisotopic (exact) mass is 169 g/mol. The third-order valence-electron chi connectivity index (χ3n) is 1.80. The molecule has 0 aromatic rings. The number of nitrogens with two attached hydrogens (primary N) is 1. The van der Waals surface area contributed by atoms with Gasteiger partial charge in [-0.3, -0.25) is 0 Å². The van der Waals surface area contributed by atoms with Crippen LogP contribution in [0.1, 0.15) is 20.8 Å². The van der Waals surface area contributed by atoms with Crippen molar-refractivity contribution in [2.75, 3.05) is 6.54 Å². The van der Waals surface area contributed by atoms with Gasteiger partial charge < -0.3 is 10.8 Å². The Balaban J connectivity index is 4.12. The molecule has 0 spiro atoms. The molecule has 0 aromatic carbocycles. The van der Waals surface area contributed by atoms with Crippen LogP contribution >= 0.6 is 0 Å². The second kappa shape index (κ2) is 5.98.